The Balaban J connectivity index is 1.78. The molecule has 0 saturated carbocycles. The first-order valence-corrected chi connectivity index (χ1v) is 12.1. The van der Waals surface area contributed by atoms with E-state index in [1.807, 2.05) is 18.2 Å². The molecule has 0 bridgehead atoms. The van der Waals surface area contributed by atoms with Crippen LogP contribution in [0.3, 0.4) is 0 Å². The zero-order chi connectivity index (χ0) is 25.0. The van der Waals surface area contributed by atoms with Gasteiger partial charge in [-0.3, -0.25) is 0 Å². The standard InChI is InChI=1S/C31H35NO3/c1-7-17-32-28-16-15-26(34-6)20-29(28)35-30(32)18-23(3)31(4,21-24-11-9-8-10-12-24)27-19-25(33-5)14-13-22(27)2/h8-16,18-20H,3,7,17,21H2,1-2,4-6H3/b30-18-. The van der Waals surface area contributed by atoms with Gasteiger partial charge in [-0.05, 0) is 66.3 Å². The molecule has 0 saturated heterocycles. The third kappa shape index (κ3) is 4.93. The highest BCUT2D eigenvalue weighted by molar-refractivity contribution is 5.69. The summed E-state index contributed by atoms with van der Waals surface area (Å²) in [6.45, 7) is 12.0. The molecule has 1 aliphatic rings. The lowest BCUT2D eigenvalue weighted by Crippen LogP contribution is -2.29. The summed E-state index contributed by atoms with van der Waals surface area (Å²) in [5, 5.41) is 0. The highest BCUT2D eigenvalue weighted by Crippen LogP contribution is 2.44. The van der Waals surface area contributed by atoms with Gasteiger partial charge in [0.25, 0.3) is 0 Å². The Bertz CT molecular complexity index is 1230. The van der Waals surface area contributed by atoms with Crippen molar-refractivity contribution in [2.45, 2.75) is 39.0 Å². The first-order chi connectivity index (χ1) is 16.9. The molecule has 0 spiro atoms. The van der Waals surface area contributed by atoms with Crippen LogP contribution in [0.4, 0.5) is 5.69 Å². The Kier molecular flexibility index (Phi) is 7.20. The van der Waals surface area contributed by atoms with Crippen LogP contribution >= 0.6 is 0 Å². The second kappa shape index (κ2) is 10.3. The van der Waals surface area contributed by atoms with Crippen molar-refractivity contribution in [1.29, 1.82) is 0 Å². The number of hydrogen-bond donors (Lipinski definition) is 0. The first-order valence-electron chi connectivity index (χ1n) is 12.1. The van der Waals surface area contributed by atoms with E-state index in [0.29, 0.717) is 0 Å². The normalized spacial score (nSPS) is 15.3. The number of anilines is 1. The van der Waals surface area contributed by atoms with E-state index in [-0.39, 0.29) is 5.41 Å². The van der Waals surface area contributed by atoms with Crippen molar-refractivity contribution >= 4 is 5.69 Å². The predicted octanol–water partition coefficient (Wildman–Crippen LogP) is 7.22. The molecule has 1 atom stereocenters. The summed E-state index contributed by atoms with van der Waals surface area (Å²) >= 11 is 0. The Morgan fingerprint density at radius 2 is 1.69 bits per heavy atom. The molecule has 4 rings (SSSR count). The van der Waals surface area contributed by atoms with Crippen molar-refractivity contribution in [3.05, 3.63) is 108 Å². The van der Waals surface area contributed by atoms with Crippen LogP contribution in [0, 0.1) is 6.92 Å². The summed E-state index contributed by atoms with van der Waals surface area (Å²) < 4.78 is 17.4. The minimum atomic E-state index is -0.374. The van der Waals surface area contributed by atoms with Gasteiger partial charge in [-0.25, -0.2) is 0 Å². The third-order valence-electron chi connectivity index (χ3n) is 6.83. The lowest BCUT2D eigenvalue weighted by Gasteiger charge is -2.34. The molecule has 3 aromatic rings. The summed E-state index contributed by atoms with van der Waals surface area (Å²) in [5.41, 5.74) is 5.31. The van der Waals surface area contributed by atoms with E-state index in [1.165, 1.54) is 16.7 Å². The van der Waals surface area contributed by atoms with Crippen molar-refractivity contribution in [1.82, 2.24) is 0 Å². The molecule has 0 fully saturated rings. The molecule has 0 aliphatic carbocycles. The largest absolute Gasteiger partial charge is 0.497 e. The first kappa shape index (κ1) is 24.5. The predicted molar refractivity (Wildman–Crippen MR) is 144 cm³/mol. The van der Waals surface area contributed by atoms with E-state index in [1.54, 1.807) is 14.2 Å². The van der Waals surface area contributed by atoms with E-state index in [2.05, 4.69) is 86.9 Å². The van der Waals surface area contributed by atoms with Gasteiger partial charge in [0.1, 0.15) is 11.5 Å². The molecule has 4 nitrogen and oxygen atoms in total. The molecule has 1 aliphatic heterocycles. The van der Waals surface area contributed by atoms with Gasteiger partial charge in [-0.1, -0.05) is 56.8 Å². The van der Waals surface area contributed by atoms with Crippen LogP contribution in [-0.4, -0.2) is 20.8 Å². The summed E-state index contributed by atoms with van der Waals surface area (Å²) in [6, 6.07) is 22.8. The van der Waals surface area contributed by atoms with E-state index in [4.69, 9.17) is 14.2 Å². The van der Waals surface area contributed by atoms with Crippen molar-refractivity contribution in [2.24, 2.45) is 0 Å². The summed E-state index contributed by atoms with van der Waals surface area (Å²) in [6.07, 6.45) is 3.90. The quantitative estimate of drug-likeness (QED) is 0.331. The number of aryl methyl sites for hydroxylation is 1. The van der Waals surface area contributed by atoms with E-state index in [0.717, 1.165) is 53.8 Å². The Labute approximate surface area is 209 Å². The van der Waals surface area contributed by atoms with Crippen LogP contribution in [0.1, 0.15) is 37.0 Å². The minimum Gasteiger partial charge on any atom is -0.497 e. The van der Waals surface area contributed by atoms with Crippen molar-refractivity contribution in [2.75, 3.05) is 25.7 Å². The molecule has 182 valence electrons. The molecule has 4 heteroatoms. The maximum atomic E-state index is 6.36. The molecule has 35 heavy (non-hydrogen) atoms. The van der Waals surface area contributed by atoms with Crippen LogP contribution in [0.25, 0.3) is 0 Å². The number of methoxy groups -OCH3 is 2. The molecule has 0 aromatic heterocycles. The number of nitrogens with zero attached hydrogens (tertiary/aromatic N) is 1. The third-order valence-corrected chi connectivity index (χ3v) is 6.83. The van der Waals surface area contributed by atoms with Crippen LogP contribution in [0.15, 0.2) is 90.8 Å². The average molecular weight is 470 g/mol. The van der Waals surface area contributed by atoms with Crippen molar-refractivity contribution < 1.29 is 14.2 Å². The van der Waals surface area contributed by atoms with Gasteiger partial charge in [0.15, 0.2) is 5.75 Å². The van der Waals surface area contributed by atoms with Gasteiger partial charge in [0, 0.05) is 24.1 Å². The number of allylic oxidation sites excluding steroid dienone is 2. The maximum absolute atomic E-state index is 6.36. The highest BCUT2D eigenvalue weighted by Gasteiger charge is 2.34. The molecule has 1 unspecified atom stereocenters. The molecule has 0 amide bonds. The number of fused-ring (bicyclic) bond motifs is 1. The Morgan fingerprint density at radius 3 is 2.37 bits per heavy atom. The Hall–Kier alpha value is -3.66. The van der Waals surface area contributed by atoms with E-state index >= 15 is 0 Å². The molecular formula is C31H35NO3. The fraction of sp³-hybridized carbons (Fsp3) is 0.290. The van der Waals surface area contributed by atoms with Crippen molar-refractivity contribution in [3.8, 4) is 17.2 Å². The summed E-state index contributed by atoms with van der Waals surface area (Å²) in [4.78, 5) is 2.22. The fourth-order valence-corrected chi connectivity index (χ4v) is 4.79. The highest BCUT2D eigenvalue weighted by atomic mass is 16.5. The smallest absolute Gasteiger partial charge is 0.200 e. The second-order valence-electron chi connectivity index (χ2n) is 9.27. The van der Waals surface area contributed by atoms with Gasteiger partial charge < -0.3 is 19.1 Å². The lowest BCUT2D eigenvalue weighted by molar-refractivity contribution is 0.405. The van der Waals surface area contributed by atoms with Gasteiger partial charge in [0.05, 0.1) is 19.9 Å². The average Bonchev–Trinajstić information content (AvgIpc) is 3.20. The van der Waals surface area contributed by atoms with Crippen LogP contribution in [0.5, 0.6) is 17.2 Å². The van der Waals surface area contributed by atoms with Gasteiger partial charge in [0.2, 0.25) is 5.88 Å². The van der Waals surface area contributed by atoms with Gasteiger partial charge in [-0.15, -0.1) is 0 Å². The SMILES string of the molecule is C=C(/C=C1\Oc2cc(OC)ccc2N1CCC)C(C)(Cc1ccccc1)c1cc(OC)ccc1C. The van der Waals surface area contributed by atoms with Crippen LogP contribution < -0.4 is 19.1 Å². The number of benzene rings is 3. The molecule has 1 heterocycles. The zero-order valence-electron chi connectivity index (χ0n) is 21.4. The minimum absolute atomic E-state index is 0.374. The van der Waals surface area contributed by atoms with Crippen molar-refractivity contribution in [3.63, 3.8) is 0 Å². The van der Waals surface area contributed by atoms with Crippen LogP contribution in [0.2, 0.25) is 0 Å². The molecule has 0 radical (unpaired) electrons. The Morgan fingerprint density at radius 1 is 1.00 bits per heavy atom. The topological polar surface area (TPSA) is 30.9 Å². The second-order valence-corrected chi connectivity index (χ2v) is 9.27. The summed E-state index contributed by atoms with van der Waals surface area (Å²) in [5.74, 6) is 3.22. The van der Waals surface area contributed by atoms with Gasteiger partial charge in [-0.2, -0.15) is 0 Å². The molecular weight excluding hydrogens is 434 g/mol. The monoisotopic (exact) mass is 469 g/mol. The van der Waals surface area contributed by atoms with E-state index in [9.17, 15) is 0 Å². The molecule has 3 aromatic carbocycles. The summed E-state index contributed by atoms with van der Waals surface area (Å²) in [7, 11) is 3.38. The number of hydrogen-bond acceptors (Lipinski definition) is 4. The number of ether oxygens (including phenoxy) is 3. The zero-order valence-corrected chi connectivity index (χ0v) is 21.4. The van der Waals surface area contributed by atoms with Gasteiger partial charge >= 0.3 is 0 Å². The lowest BCUT2D eigenvalue weighted by atomic mass is 9.70. The number of rotatable bonds is 9. The maximum Gasteiger partial charge on any atom is 0.200 e. The fourth-order valence-electron chi connectivity index (χ4n) is 4.79. The van der Waals surface area contributed by atoms with Crippen LogP contribution in [-0.2, 0) is 11.8 Å². The van der Waals surface area contributed by atoms with E-state index < -0.39 is 0 Å². The molecule has 0 N–H and O–H groups in total.